The molecule has 0 radical (unpaired) electrons. The zero-order valence-electron chi connectivity index (χ0n) is 78.9. The fourth-order valence-electron chi connectivity index (χ4n) is 18.1. The smallest absolute Gasteiger partial charge is 0.324 e. The van der Waals surface area contributed by atoms with Gasteiger partial charge in [0.15, 0.2) is 34.7 Å². The standard InChI is InChI=1S/C19H22ClN7O2.3C19H20FN7O.C18H18FN7O/c1-9(2)27-15-11(20)8-22-18(21)12(15)13(23-27)14-16(17(29-24-14)10-4-5-10)26-7-6-25(3)19(26)28;1-9(2)27-17-11(20)6-22-19(21)14(17)15(24-27)16-13(12-7-26(3)8-23-12)18(28-25-16)10-4-5-10;1-8(2)27-17-11(20)7-22-19(21)14(17)15(25-27)16-13(12-6-9(3)23-24-12)18(28-26-16)10-4-5-10;1-9(2)27-17-11(20)8-22-19(21)14(17)15(24-27)16-13(12-6-7-26(3)23-12)18(28-25-16)10-4-5-10;1-8(2)26-16-10(19)7-21-18(20)13(16)14(24-26)15-12(11-5-6-22-23-11)17(27-25-15)9-3-4-9/h8-10H,4-7H2,1-3H3,(H2,21,22);6-10H,4-5H2,1-3H3,(H2,21,22);6-8,10H,4-5H2,1-3H3,(H2,21,22)(H,23,24);6-10H,4-5H2,1-3H3,(H2,21,22);5-9H,3-4H2,1-2H3,(H2,20,21)(H,22,23). The van der Waals surface area contributed by atoms with Crippen LogP contribution in [0.3, 0.4) is 0 Å². The number of carbonyl (C=O) groups is 1. The first-order valence-electron chi connectivity index (χ1n) is 46.4. The molecule has 0 atom stereocenters. The highest BCUT2D eigenvalue weighted by molar-refractivity contribution is 6.36. The van der Waals surface area contributed by atoms with E-state index in [9.17, 15) is 22.4 Å². The molecule has 6 fully saturated rings. The van der Waals surface area contributed by atoms with E-state index in [0.717, 1.165) is 169 Å². The molecule has 1 aliphatic heterocycles. The lowest BCUT2D eigenvalue weighted by Crippen LogP contribution is -2.29. The fourth-order valence-corrected chi connectivity index (χ4v) is 18.3. The molecule has 5 saturated carbocycles. The van der Waals surface area contributed by atoms with Crippen molar-refractivity contribution in [3.05, 3.63) is 137 Å². The number of H-pyrrole nitrogens is 2. The first kappa shape index (κ1) is 90.7. The summed E-state index contributed by atoms with van der Waals surface area (Å²) >= 11 is 6.46. The Hall–Kier alpha value is -15.7. The Bertz CT molecular complexity index is 7570. The second-order valence-electron chi connectivity index (χ2n) is 37.8. The number of urea groups is 1. The predicted octanol–water partition coefficient (Wildman–Crippen LogP) is 18.6. The van der Waals surface area contributed by atoms with Crippen LogP contribution >= 0.6 is 11.6 Å². The monoisotopic (exact) mass is 1930 g/mol. The van der Waals surface area contributed by atoms with Gasteiger partial charge < -0.3 is 60.8 Å². The number of aromatic nitrogens is 28. The summed E-state index contributed by atoms with van der Waals surface area (Å²) in [5.74, 6) is 4.76. The van der Waals surface area contributed by atoms with E-state index in [2.05, 4.69) is 102 Å². The van der Waals surface area contributed by atoms with Gasteiger partial charge in [-0.1, -0.05) is 37.4 Å². The highest BCUT2D eigenvalue weighted by Crippen LogP contribution is 2.56. The molecule has 19 aromatic heterocycles. The zero-order chi connectivity index (χ0) is 97.9. The first-order valence-corrected chi connectivity index (χ1v) is 46.8. The Morgan fingerprint density at radius 2 is 0.757 bits per heavy atom. The van der Waals surface area contributed by atoms with Crippen molar-refractivity contribution in [3.8, 4) is 102 Å². The number of nitrogens with one attached hydrogen (secondary N) is 2. The lowest BCUT2D eigenvalue weighted by atomic mass is 10.0. The summed E-state index contributed by atoms with van der Waals surface area (Å²) in [6.45, 7) is 22.6. The summed E-state index contributed by atoms with van der Waals surface area (Å²) in [5.41, 5.74) is 45.5. The van der Waals surface area contributed by atoms with Crippen molar-refractivity contribution >= 4 is 107 Å². The Balaban J connectivity index is 0.000000104. The van der Waals surface area contributed by atoms with Crippen LogP contribution in [0.4, 0.5) is 57.1 Å². The quantitative estimate of drug-likeness (QED) is 0.0348. The van der Waals surface area contributed by atoms with E-state index in [1.165, 1.54) is 6.20 Å². The molecular weight excluding hydrogens is 1830 g/mol. The van der Waals surface area contributed by atoms with Crippen molar-refractivity contribution < 1.29 is 45.0 Å². The van der Waals surface area contributed by atoms with Crippen LogP contribution in [0.2, 0.25) is 5.02 Å². The van der Waals surface area contributed by atoms with Gasteiger partial charge in [-0.05, 0) is 159 Å². The van der Waals surface area contributed by atoms with E-state index in [1.54, 1.807) is 52.8 Å². The molecule has 19 aromatic rings. The highest BCUT2D eigenvalue weighted by atomic mass is 35.5. The Labute approximate surface area is 798 Å². The number of amides is 2. The number of aryl methyl sites for hydroxylation is 3. The molecule has 0 unspecified atom stereocenters. The molecule has 0 bridgehead atoms. The van der Waals surface area contributed by atoms with E-state index in [1.807, 2.05) is 130 Å². The van der Waals surface area contributed by atoms with Crippen LogP contribution in [-0.2, 0) is 14.1 Å². The van der Waals surface area contributed by atoms with Gasteiger partial charge in [0.05, 0.1) is 120 Å². The Morgan fingerprint density at radius 3 is 1.10 bits per heavy atom. The van der Waals surface area contributed by atoms with Gasteiger partial charge in [-0.2, -0.15) is 40.8 Å². The third-order valence-electron chi connectivity index (χ3n) is 25.6. The lowest BCUT2D eigenvalue weighted by molar-refractivity contribution is 0.229. The number of nitrogens with zero attached hydrogens (tertiary/aromatic N) is 28. The van der Waals surface area contributed by atoms with Gasteiger partial charge >= 0.3 is 6.03 Å². The van der Waals surface area contributed by atoms with Crippen molar-refractivity contribution in [1.82, 2.24) is 144 Å². The van der Waals surface area contributed by atoms with Crippen LogP contribution in [0.5, 0.6) is 0 Å². The maximum atomic E-state index is 14.6. The van der Waals surface area contributed by atoms with Crippen LogP contribution in [-0.4, -0.2) is 170 Å². The first-order chi connectivity index (χ1) is 67.3. The molecule has 0 aromatic carbocycles. The predicted molar refractivity (Wildman–Crippen MR) is 514 cm³/mol. The highest BCUT2D eigenvalue weighted by Gasteiger charge is 2.45. The molecule has 6 aliphatic rings. The Morgan fingerprint density at radius 1 is 0.407 bits per heavy atom. The fraction of sp³-hybridized carbons (Fsp3) is 0.383. The summed E-state index contributed by atoms with van der Waals surface area (Å²) in [6.07, 6.45) is 23.6. The van der Waals surface area contributed by atoms with Crippen molar-refractivity contribution in [2.75, 3.05) is 53.7 Å². The summed E-state index contributed by atoms with van der Waals surface area (Å²) in [4.78, 5) is 40.9. The number of pyridine rings is 5. The second kappa shape index (κ2) is 35.1. The number of hydrogen-bond donors (Lipinski definition) is 7. The molecule has 2 amide bonds. The van der Waals surface area contributed by atoms with Gasteiger partial charge in [0.1, 0.15) is 131 Å². The topological polar surface area (TPSA) is 530 Å². The molecule has 5 aliphatic carbocycles. The lowest BCUT2D eigenvalue weighted by Gasteiger charge is -2.16. The maximum Gasteiger partial charge on any atom is 0.324 e. The average molecular weight is 1930 g/mol. The summed E-state index contributed by atoms with van der Waals surface area (Å²) in [5, 5.41) is 66.8. The number of aromatic amines is 2. The summed E-state index contributed by atoms with van der Waals surface area (Å²) in [7, 11) is 5.55. The Kier molecular flexibility index (Phi) is 22.7. The number of imidazole rings is 1. The minimum atomic E-state index is -0.472. The summed E-state index contributed by atoms with van der Waals surface area (Å²) in [6, 6.07) is 5.39. The van der Waals surface area contributed by atoms with Gasteiger partial charge in [-0.3, -0.25) is 43.2 Å². The van der Waals surface area contributed by atoms with E-state index in [0.29, 0.717) is 165 Å². The number of halogens is 5. The average Bonchev–Trinajstić information content (AvgIpc) is 1.59. The molecule has 1 saturated heterocycles. The number of nitrogen functional groups attached to an aromatic ring is 5. The van der Waals surface area contributed by atoms with E-state index in [4.69, 9.17) is 68.0 Å². The minimum Gasteiger partial charge on any atom is -0.383 e. The number of likely N-dealkylation sites (N-methyl/N-ethyl adjacent to an activating group) is 1. The third kappa shape index (κ3) is 15.9. The molecule has 12 N–H and O–H groups in total. The van der Waals surface area contributed by atoms with Crippen LogP contribution < -0.4 is 33.6 Å². The van der Waals surface area contributed by atoms with Crippen LogP contribution in [0.1, 0.15) is 228 Å². The normalized spacial score (nSPS) is 15.1. The van der Waals surface area contributed by atoms with E-state index in [-0.39, 0.29) is 65.4 Å². The number of anilines is 6. The molecule has 25 rings (SSSR count). The van der Waals surface area contributed by atoms with Crippen molar-refractivity contribution in [2.45, 2.75) is 200 Å². The van der Waals surface area contributed by atoms with Crippen LogP contribution in [0.15, 0.2) is 96.7 Å². The molecule has 20 heterocycles. The number of fused-ring (bicyclic) bond motifs is 5. The number of rotatable bonds is 20. The molecule has 722 valence electrons. The van der Waals surface area contributed by atoms with Gasteiger partial charge in [0.25, 0.3) is 0 Å². The van der Waals surface area contributed by atoms with Gasteiger partial charge in [0.2, 0.25) is 0 Å². The molecule has 41 nitrogen and oxygen atoms in total. The molecular formula is C94H100ClF4N35O6. The van der Waals surface area contributed by atoms with Crippen molar-refractivity contribution in [3.63, 3.8) is 0 Å². The van der Waals surface area contributed by atoms with Crippen LogP contribution in [0.25, 0.3) is 156 Å². The van der Waals surface area contributed by atoms with Gasteiger partial charge in [-0.15, -0.1) is 0 Å². The SMILES string of the molecule is CC(C)n1nc(-c2noc(C3CC3)c2-c2ccn(C)n2)c2c(N)ncc(F)c21.CC(C)n1nc(-c2noc(C3CC3)c2-c2ccn[nH]2)c2c(N)ncc(F)c21.CC(C)n1nc(-c2noc(C3CC3)c2-c2cn(C)cn2)c2c(N)ncc(F)c21.CC(C)n1nc(-c2noc(C3CC3)c2N2CCN(C)C2=O)c2c(N)ncc(Cl)c21.Cc1cc(-c2c(-c3nn(C(C)C)c4c(F)cnc(N)c34)noc2C2CC2)n[nH]1. The van der Waals surface area contributed by atoms with Crippen molar-refractivity contribution in [1.29, 1.82) is 0 Å². The largest absolute Gasteiger partial charge is 0.383 e. The minimum absolute atomic E-state index is 0.0448. The number of carbonyl (C=O) groups excluding carboxylic acids is 1. The van der Waals surface area contributed by atoms with E-state index >= 15 is 0 Å². The van der Waals surface area contributed by atoms with Gasteiger partial charge in [0, 0.05) is 118 Å². The molecule has 46 heteroatoms. The van der Waals surface area contributed by atoms with Crippen LogP contribution in [0, 0.1) is 30.2 Å². The summed E-state index contributed by atoms with van der Waals surface area (Å²) < 4.78 is 99.0. The maximum absolute atomic E-state index is 14.6. The second-order valence-corrected chi connectivity index (χ2v) is 38.2. The zero-order valence-corrected chi connectivity index (χ0v) is 79.7. The van der Waals surface area contributed by atoms with Gasteiger partial charge in [-0.25, -0.2) is 52.3 Å². The van der Waals surface area contributed by atoms with Crippen molar-refractivity contribution in [2.24, 2.45) is 14.1 Å². The number of nitrogens with two attached hydrogens (primary N) is 5. The molecule has 140 heavy (non-hydrogen) atoms. The van der Waals surface area contributed by atoms with E-state index < -0.39 is 23.3 Å². The molecule has 0 spiro atoms. The third-order valence-corrected chi connectivity index (χ3v) is 25.8. The number of hydrogen-bond acceptors (Lipinski definition) is 30.